The monoisotopic (exact) mass is 228 g/mol. The zero-order valence-corrected chi connectivity index (χ0v) is 9.45. The van der Waals surface area contributed by atoms with Crippen LogP contribution in [0, 0.1) is 13.8 Å². The number of thiazole rings is 1. The van der Waals surface area contributed by atoms with Crippen LogP contribution in [0.4, 0.5) is 0 Å². The number of nitrogens with zero attached hydrogens (tertiary/aromatic N) is 2. The van der Waals surface area contributed by atoms with Crippen molar-refractivity contribution in [3.63, 3.8) is 0 Å². The largest absolute Gasteiger partial charge is 0.442 e. The highest BCUT2D eigenvalue weighted by Gasteiger charge is 2.15. The maximum absolute atomic E-state index is 5.74. The average molecular weight is 229 g/mol. The van der Waals surface area contributed by atoms with Gasteiger partial charge in [-0.1, -0.05) is 0 Å². The van der Waals surface area contributed by atoms with Gasteiger partial charge < -0.3 is 4.42 Å². The van der Waals surface area contributed by atoms with Crippen molar-refractivity contribution in [2.75, 3.05) is 0 Å². The van der Waals surface area contributed by atoms with E-state index in [1.54, 1.807) is 11.3 Å². The summed E-state index contributed by atoms with van der Waals surface area (Å²) in [4.78, 5) is 9.40. The van der Waals surface area contributed by atoms with Gasteiger partial charge in [-0.05, 0) is 13.8 Å². The number of hydrogen-bond donors (Lipinski definition) is 0. The molecule has 0 unspecified atom stereocenters. The van der Waals surface area contributed by atoms with Gasteiger partial charge >= 0.3 is 0 Å². The summed E-state index contributed by atoms with van der Waals surface area (Å²) in [5.41, 5.74) is 1.74. The third-order valence-corrected chi connectivity index (χ3v) is 3.20. The van der Waals surface area contributed by atoms with Crippen LogP contribution in [0.2, 0.25) is 0 Å². The van der Waals surface area contributed by atoms with Crippen LogP contribution in [-0.2, 0) is 5.88 Å². The van der Waals surface area contributed by atoms with Crippen molar-refractivity contribution in [2.24, 2.45) is 0 Å². The highest BCUT2D eigenvalue weighted by atomic mass is 35.5. The Balaban J connectivity index is 2.53. The summed E-state index contributed by atoms with van der Waals surface area (Å²) in [5, 5.41) is 1.02. The Labute approximate surface area is 90.8 Å². The van der Waals surface area contributed by atoms with Gasteiger partial charge in [0.25, 0.3) is 0 Å². The zero-order valence-electron chi connectivity index (χ0n) is 7.87. The maximum atomic E-state index is 5.74. The minimum atomic E-state index is 0.363. The third-order valence-electron chi connectivity index (χ3n) is 1.88. The maximum Gasteiger partial charge on any atom is 0.181 e. The molecule has 2 heterocycles. The molecule has 0 saturated heterocycles. The number of halogens is 1. The van der Waals surface area contributed by atoms with E-state index in [1.165, 1.54) is 6.39 Å². The summed E-state index contributed by atoms with van der Waals surface area (Å²) in [6, 6.07) is 0. The first-order valence-corrected chi connectivity index (χ1v) is 5.50. The molecule has 0 spiro atoms. The first-order chi connectivity index (χ1) is 6.72. The van der Waals surface area contributed by atoms with E-state index in [-0.39, 0.29) is 0 Å². The van der Waals surface area contributed by atoms with E-state index >= 15 is 0 Å². The molecule has 14 heavy (non-hydrogen) atoms. The summed E-state index contributed by atoms with van der Waals surface area (Å²) in [6.45, 7) is 3.93. The van der Waals surface area contributed by atoms with E-state index in [9.17, 15) is 0 Å². The Morgan fingerprint density at radius 2 is 2.29 bits per heavy atom. The zero-order chi connectivity index (χ0) is 10.1. The highest BCUT2D eigenvalue weighted by Crippen LogP contribution is 2.32. The van der Waals surface area contributed by atoms with Crippen LogP contribution in [0.5, 0.6) is 0 Å². The summed E-state index contributed by atoms with van der Waals surface area (Å²) in [7, 11) is 0. The number of oxazole rings is 1. The highest BCUT2D eigenvalue weighted by molar-refractivity contribution is 7.15. The van der Waals surface area contributed by atoms with Crippen molar-refractivity contribution < 1.29 is 4.42 Å². The number of aromatic nitrogens is 2. The Kier molecular flexibility index (Phi) is 2.56. The molecule has 0 atom stereocenters. The number of rotatable bonds is 2. The first kappa shape index (κ1) is 9.68. The molecule has 0 radical (unpaired) electrons. The van der Waals surface area contributed by atoms with Gasteiger partial charge in [-0.15, -0.1) is 22.9 Å². The first-order valence-electron chi connectivity index (χ1n) is 4.15. The molecule has 3 nitrogen and oxygen atoms in total. The van der Waals surface area contributed by atoms with Crippen molar-refractivity contribution in [1.82, 2.24) is 9.97 Å². The Hall–Kier alpha value is -0.870. The fraction of sp³-hybridized carbons (Fsp3) is 0.333. The Morgan fingerprint density at radius 3 is 2.86 bits per heavy atom. The van der Waals surface area contributed by atoms with Crippen molar-refractivity contribution in [3.05, 3.63) is 22.8 Å². The SMILES string of the molecule is Cc1nc(C)c(-c2ocnc2CCl)s1. The molecule has 2 aromatic heterocycles. The molecule has 0 N–H and O–H groups in total. The molecule has 0 aromatic carbocycles. The van der Waals surface area contributed by atoms with E-state index in [2.05, 4.69) is 9.97 Å². The molecular formula is C9H9ClN2OS. The molecule has 0 aliphatic rings. The predicted octanol–water partition coefficient (Wildman–Crippen LogP) is 3.15. The number of alkyl halides is 1. The van der Waals surface area contributed by atoms with Crippen molar-refractivity contribution in [2.45, 2.75) is 19.7 Å². The van der Waals surface area contributed by atoms with E-state index < -0.39 is 0 Å². The second-order valence-corrected chi connectivity index (χ2v) is 4.38. The smallest absolute Gasteiger partial charge is 0.181 e. The van der Waals surface area contributed by atoms with Gasteiger partial charge in [0.15, 0.2) is 12.2 Å². The lowest BCUT2D eigenvalue weighted by Gasteiger charge is -1.94. The van der Waals surface area contributed by atoms with Gasteiger partial charge in [-0.2, -0.15) is 0 Å². The quantitative estimate of drug-likeness (QED) is 0.742. The van der Waals surface area contributed by atoms with Crippen molar-refractivity contribution >= 4 is 22.9 Å². The third kappa shape index (κ3) is 1.55. The molecule has 0 aliphatic heterocycles. The van der Waals surface area contributed by atoms with E-state index in [0.717, 1.165) is 27.0 Å². The number of hydrogen-bond acceptors (Lipinski definition) is 4. The number of aryl methyl sites for hydroxylation is 2. The molecule has 5 heteroatoms. The van der Waals surface area contributed by atoms with Gasteiger partial charge in [0.05, 0.1) is 21.5 Å². The molecule has 2 aromatic rings. The minimum Gasteiger partial charge on any atom is -0.442 e. The fourth-order valence-corrected chi connectivity index (χ4v) is 2.41. The Bertz CT molecular complexity index is 449. The summed E-state index contributed by atoms with van der Waals surface area (Å²) in [6.07, 6.45) is 1.42. The summed E-state index contributed by atoms with van der Waals surface area (Å²) >= 11 is 7.34. The van der Waals surface area contributed by atoms with Gasteiger partial charge in [0, 0.05) is 0 Å². The normalized spacial score (nSPS) is 10.8. The lowest BCUT2D eigenvalue weighted by Crippen LogP contribution is -1.82. The van der Waals surface area contributed by atoms with Crippen LogP contribution in [-0.4, -0.2) is 9.97 Å². The minimum absolute atomic E-state index is 0.363. The second-order valence-electron chi connectivity index (χ2n) is 2.91. The average Bonchev–Trinajstić information content (AvgIpc) is 2.71. The summed E-state index contributed by atoms with van der Waals surface area (Å²) < 4.78 is 5.31. The van der Waals surface area contributed by atoms with Crippen LogP contribution < -0.4 is 0 Å². The Morgan fingerprint density at radius 1 is 1.50 bits per heavy atom. The van der Waals surface area contributed by atoms with Crippen LogP contribution in [0.3, 0.4) is 0 Å². The molecule has 0 amide bonds. The molecule has 74 valence electrons. The van der Waals surface area contributed by atoms with E-state index in [1.807, 2.05) is 13.8 Å². The van der Waals surface area contributed by atoms with Gasteiger partial charge in [0.2, 0.25) is 0 Å². The molecule has 0 bridgehead atoms. The topological polar surface area (TPSA) is 38.9 Å². The van der Waals surface area contributed by atoms with E-state index in [0.29, 0.717) is 5.88 Å². The molecule has 0 aliphatic carbocycles. The van der Waals surface area contributed by atoms with Crippen molar-refractivity contribution in [1.29, 1.82) is 0 Å². The molecular weight excluding hydrogens is 220 g/mol. The van der Waals surface area contributed by atoms with Crippen LogP contribution >= 0.6 is 22.9 Å². The molecule has 0 fully saturated rings. The van der Waals surface area contributed by atoms with Gasteiger partial charge in [-0.25, -0.2) is 9.97 Å². The van der Waals surface area contributed by atoms with Crippen LogP contribution in [0.1, 0.15) is 16.4 Å². The lowest BCUT2D eigenvalue weighted by molar-refractivity contribution is 0.572. The fourth-order valence-electron chi connectivity index (χ4n) is 1.29. The molecule has 2 rings (SSSR count). The predicted molar refractivity (Wildman–Crippen MR) is 56.6 cm³/mol. The van der Waals surface area contributed by atoms with E-state index in [4.69, 9.17) is 16.0 Å². The molecule has 0 saturated carbocycles. The van der Waals surface area contributed by atoms with Gasteiger partial charge in [-0.3, -0.25) is 0 Å². The lowest BCUT2D eigenvalue weighted by atomic mass is 10.3. The standard InChI is InChI=1S/C9H9ClN2OS/c1-5-9(14-6(2)12-5)8-7(3-10)11-4-13-8/h4H,3H2,1-2H3. The van der Waals surface area contributed by atoms with Gasteiger partial charge in [0.1, 0.15) is 5.69 Å². The van der Waals surface area contributed by atoms with Crippen LogP contribution in [0.25, 0.3) is 10.6 Å². The van der Waals surface area contributed by atoms with Crippen LogP contribution in [0.15, 0.2) is 10.8 Å². The van der Waals surface area contributed by atoms with Crippen molar-refractivity contribution in [3.8, 4) is 10.6 Å². The second kappa shape index (κ2) is 3.71. The summed E-state index contributed by atoms with van der Waals surface area (Å²) in [5.74, 6) is 1.12.